The van der Waals surface area contributed by atoms with Gasteiger partial charge >= 0.3 is 6.03 Å². The molecule has 0 radical (unpaired) electrons. The topological polar surface area (TPSA) is 60.0 Å². The maximum Gasteiger partial charge on any atom is 0.322 e. The first-order valence-corrected chi connectivity index (χ1v) is 8.96. The summed E-state index contributed by atoms with van der Waals surface area (Å²) in [5, 5.41) is 3.03. The Labute approximate surface area is 148 Å². The highest BCUT2D eigenvalue weighted by Gasteiger charge is 2.58. The van der Waals surface area contributed by atoms with Crippen molar-refractivity contribution in [1.29, 1.82) is 0 Å². The van der Waals surface area contributed by atoms with Crippen molar-refractivity contribution in [3.63, 3.8) is 0 Å². The second kappa shape index (κ2) is 6.09. The van der Waals surface area contributed by atoms with Crippen molar-refractivity contribution in [2.45, 2.75) is 32.2 Å². The third-order valence-corrected chi connectivity index (χ3v) is 6.34. The van der Waals surface area contributed by atoms with E-state index in [1.807, 2.05) is 24.0 Å². The second-order valence-corrected chi connectivity index (χ2v) is 7.49. The molecule has 25 heavy (non-hydrogen) atoms. The lowest BCUT2D eigenvalue weighted by atomic mass is 9.62. The van der Waals surface area contributed by atoms with E-state index < -0.39 is 0 Å². The van der Waals surface area contributed by atoms with E-state index in [2.05, 4.69) is 5.32 Å². The number of rotatable bonds is 3. The molecule has 0 aromatic heterocycles. The number of hydrogen-bond donors (Lipinski definition) is 1. The lowest BCUT2D eigenvalue weighted by Crippen LogP contribution is -2.41. The second-order valence-electron chi connectivity index (χ2n) is 7.49. The zero-order chi connectivity index (χ0) is 17.6. The Morgan fingerprint density at radius 1 is 1.24 bits per heavy atom. The maximum atomic E-state index is 12.9. The molecular formula is C19H26N2O4. The number of carbonyl (C=O) groups excluding carboxylic acids is 1. The van der Waals surface area contributed by atoms with Gasteiger partial charge in [0.15, 0.2) is 0 Å². The molecule has 1 saturated carbocycles. The summed E-state index contributed by atoms with van der Waals surface area (Å²) < 4.78 is 16.5. The summed E-state index contributed by atoms with van der Waals surface area (Å²) in [7, 11) is 3.24. The number of benzene rings is 1. The van der Waals surface area contributed by atoms with Crippen LogP contribution in [0.2, 0.25) is 0 Å². The van der Waals surface area contributed by atoms with Crippen molar-refractivity contribution >= 4 is 11.7 Å². The molecule has 2 aliphatic heterocycles. The van der Waals surface area contributed by atoms with Crippen LogP contribution in [0.25, 0.3) is 0 Å². The zero-order valence-corrected chi connectivity index (χ0v) is 15.1. The normalized spacial score (nSPS) is 26.3. The monoisotopic (exact) mass is 346 g/mol. The molecule has 0 unspecified atom stereocenters. The Balaban J connectivity index is 1.54. The number of urea groups is 1. The Bertz CT molecular complexity index is 661. The minimum Gasteiger partial charge on any atom is -0.496 e. The number of ether oxygens (including phenoxy) is 3. The molecule has 6 heteroatoms. The molecule has 2 atom stereocenters. The van der Waals surface area contributed by atoms with E-state index >= 15 is 0 Å². The number of carbonyl (C=O) groups is 1. The smallest absolute Gasteiger partial charge is 0.322 e. The standard InChI is InChI=1S/C19H26N2O4/c1-12-16(23-2)7-13(8-17(12)24-3)20-18(22)21-11-19(5-4-6-19)14-9-25-10-15(14)21/h7-8,14-15H,4-6,9-11H2,1-3H3,(H,20,22)/t14-,15-/m0/s1. The fourth-order valence-corrected chi connectivity index (χ4v) is 4.74. The predicted molar refractivity (Wildman–Crippen MR) is 94.4 cm³/mol. The number of anilines is 1. The molecule has 6 nitrogen and oxygen atoms in total. The van der Waals surface area contributed by atoms with Crippen LogP contribution in [0, 0.1) is 18.3 Å². The number of methoxy groups -OCH3 is 2. The fourth-order valence-electron chi connectivity index (χ4n) is 4.74. The molecule has 1 N–H and O–H groups in total. The van der Waals surface area contributed by atoms with Crippen molar-refractivity contribution < 1.29 is 19.0 Å². The molecule has 2 saturated heterocycles. The molecule has 1 aromatic rings. The van der Waals surface area contributed by atoms with E-state index in [0.717, 1.165) is 18.7 Å². The van der Waals surface area contributed by atoms with Gasteiger partial charge in [0, 0.05) is 35.8 Å². The van der Waals surface area contributed by atoms with Gasteiger partial charge in [0.25, 0.3) is 0 Å². The van der Waals surface area contributed by atoms with Gasteiger partial charge in [-0.05, 0) is 25.2 Å². The predicted octanol–water partition coefficient (Wildman–Crippen LogP) is 3.05. The van der Waals surface area contributed by atoms with Gasteiger partial charge in [-0.25, -0.2) is 4.79 Å². The van der Waals surface area contributed by atoms with Gasteiger partial charge in [0.2, 0.25) is 0 Å². The molecule has 3 fully saturated rings. The minimum absolute atomic E-state index is 0.0581. The average molecular weight is 346 g/mol. The average Bonchev–Trinajstić information content (AvgIpc) is 3.16. The number of hydrogen-bond acceptors (Lipinski definition) is 4. The lowest BCUT2D eigenvalue weighted by Gasteiger charge is -2.41. The summed E-state index contributed by atoms with van der Waals surface area (Å²) in [4.78, 5) is 14.9. The molecule has 1 aliphatic carbocycles. The summed E-state index contributed by atoms with van der Waals surface area (Å²) in [5.41, 5.74) is 1.90. The number of nitrogens with one attached hydrogen (secondary N) is 1. The summed E-state index contributed by atoms with van der Waals surface area (Å²) in [6, 6.07) is 3.83. The summed E-state index contributed by atoms with van der Waals surface area (Å²) in [6.07, 6.45) is 3.70. The molecule has 3 aliphatic rings. The summed E-state index contributed by atoms with van der Waals surface area (Å²) in [6.45, 7) is 4.23. The molecule has 1 spiro atoms. The molecule has 2 heterocycles. The molecule has 1 aromatic carbocycles. The van der Waals surface area contributed by atoms with Crippen LogP contribution in [-0.4, -0.2) is 51.0 Å². The minimum atomic E-state index is -0.0581. The quantitative estimate of drug-likeness (QED) is 0.914. The van der Waals surface area contributed by atoms with E-state index in [-0.39, 0.29) is 12.1 Å². The summed E-state index contributed by atoms with van der Waals surface area (Å²) >= 11 is 0. The van der Waals surface area contributed by atoms with Gasteiger partial charge in [-0.1, -0.05) is 6.42 Å². The van der Waals surface area contributed by atoms with Crippen LogP contribution < -0.4 is 14.8 Å². The number of likely N-dealkylation sites (tertiary alicyclic amines) is 1. The highest BCUT2D eigenvalue weighted by molar-refractivity contribution is 5.90. The zero-order valence-electron chi connectivity index (χ0n) is 15.1. The number of nitrogens with zero attached hydrogens (tertiary/aromatic N) is 1. The van der Waals surface area contributed by atoms with Crippen LogP contribution >= 0.6 is 0 Å². The molecular weight excluding hydrogens is 320 g/mol. The highest BCUT2D eigenvalue weighted by Crippen LogP contribution is 2.55. The fraction of sp³-hybridized carbons (Fsp3) is 0.632. The van der Waals surface area contributed by atoms with E-state index in [1.165, 1.54) is 19.3 Å². The third kappa shape index (κ3) is 2.54. The lowest BCUT2D eigenvalue weighted by molar-refractivity contribution is 0.0567. The van der Waals surface area contributed by atoms with Gasteiger partial charge < -0.3 is 24.4 Å². The van der Waals surface area contributed by atoms with Gasteiger partial charge in [-0.2, -0.15) is 0 Å². The Kier molecular flexibility index (Phi) is 4.02. The van der Waals surface area contributed by atoms with Crippen LogP contribution in [0.15, 0.2) is 12.1 Å². The first-order valence-electron chi connectivity index (χ1n) is 8.96. The molecule has 2 amide bonds. The van der Waals surface area contributed by atoms with E-state index in [4.69, 9.17) is 14.2 Å². The van der Waals surface area contributed by atoms with Gasteiger partial charge in [-0.3, -0.25) is 0 Å². The highest BCUT2D eigenvalue weighted by atomic mass is 16.5. The third-order valence-electron chi connectivity index (χ3n) is 6.34. The van der Waals surface area contributed by atoms with Crippen molar-refractivity contribution in [1.82, 2.24) is 4.90 Å². The van der Waals surface area contributed by atoms with Gasteiger partial charge in [0.1, 0.15) is 11.5 Å². The van der Waals surface area contributed by atoms with E-state index in [1.54, 1.807) is 14.2 Å². The van der Waals surface area contributed by atoms with Crippen LogP contribution in [0.1, 0.15) is 24.8 Å². The largest absolute Gasteiger partial charge is 0.496 e. The van der Waals surface area contributed by atoms with Crippen LogP contribution in [-0.2, 0) is 4.74 Å². The number of fused-ring (bicyclic) bond motifs is 2. The van der Waals surface area contributed by atoms with Crippen LogP contribution in [0.3, 0.4) is 0 Å². The Morgan fingerprint density at radius 2 is 1.92 bits per heavy atom. The maximum absolute atomic E-state index is 12.9. The van der Waals surface area contributed by atoms with Crippen LogP contribution in [0.5, 0.6) is 11.5 Å². The number of amides is 2. The van der Waals surface area contributed by atoms with Gasteiger partial charge in [0.05, 0.1) is 33.5 Å². The van der Waals surface area contributed by atoms with Crippen molar-refractivity contribution in [2.75, 3.05) is 39.3 Å². The Morgan fingerprint density at radius 3 is 2.48 bits per heavy atom. The molecule has 0 bridgehead atoms. The SMILES string of the molecule is COc1cc(NC(=O)N2CC3(CCC3)[C@H]3COC[C@@H]32)cc(OC)c1C. The van der Waals surface area contributed by atoms with Crippen LogP contribution in [0.4, 0.5) is 10.5 Å². The van der Waals surface area contributed by atoms with Crippen molar-refractivity contribution in [3.8, 4) is 11.5 Å². The molecule has 136 valence electrons. The van der Waals surface area contributed by atoms with E-state index in [9.17, 15) is 4.79 Å². The Hall–Kier alpha value is -1.95. The van der Waals surface area contributed by atoms with Crippen molar-refractivity contribution in [2.24, 2.45) is 11.3 Å². The molecule has 4 rings (SSSR count). The first-order chi connectivity index (χ1) is 12.1. The van der Waals surface area contributed by atoms with Gasteiger partial charge in [-0.15, -0.1) is 0 Å². The first kappa shape index (κ1) is 16.5. The van der Waals surface area contributed by atoms with E-state index in [0.29, 0.717) is 35.1 Å². The van der Waals surface area contributed by atoms with Crippen molar-refractivity contribution in [3.05, 3.63) is 17.7 Å². The summed E-state index contributed by atoms with van der Waals surface area (Å²) in [5.74, 6) is 1.90.